The van der Waals surface area contributed by atoms with Crippen molar-refractivity contribution in [1.29, 1.82) is 0 Å². The summed E-state index contributed by atoms with van der Waals surface area (Å²) in [5.74, 6) is -0.949. The maximum atomic E-state index is 11.1. The van der Waals surface area contributed by atoms with Gasteiger partial charge in [0.1, 0.15) is 5.56 Å². The summed E-state index contributed by atoms with van der Waals surface area (Å²) in [5.41, 5.74) is 8.80. The zero-order valence-corrected chi connectivity index (χ0v) is 10.3. The zero-order valence-electron chi connectivity index (χ0n) is 10.3. The predicted molar refractivity (Wildman–Crippen MR) is 67.9 cm³/mol. The van der Waals surface area contributed by atoms with Gasteiger partial charge in [0.25, 0.3) is 0 Å². The SMILES string of the molecule is Cc1nn(-c2ccc(CN)cc2)c(C)c1C(=O)O. The van der Waals surface area contributed by atoms with Gasteiger partial charge in [0.2, 0.25) is 0 Å². The molecular weight excluding hydrogens is 230 g/mol. The van der Waals surface area contributed by atoms with E-state index < -0.39 is 5.97 Å². The van der Waals surface area contributed by atoms with Gasteiger partial charge < -0.3 is 10.8 Å². The maximum absolute atomic E-state index is 11.1. The number of nitrogens with two attached hydrogens (primary N) is 1. The summed E-state index contributed by atoms with van der Waals surface area (Å²) in [6, 6.07) is 7.58. The Kier molecular flexibility index (Phi) is 3.16. The van der Waals surface area contributed by atoms with Crippen LogP contribution in [0.2, 0.25) is 0 Å². The summed E-state index contributed by atoms with van der Waals surface area (Å²) in [6.07, 6.45) is 0. The molecule has 0 fully saturated rings. The Hall–Kier alpha value is -2.14. The Morgan fingerprint density at radius 2 is 1.94 bits per heavy atom. The molecule has 1 aromatic carbocycles. The van der Waals surface area contributed by atoms with Gasteiger partial charge in [-0.25, -0.2) is 9.48 Å². The molecule has 5 heteroatoms. The van der Waals surface area contributed by atoms with Crippen molar-refractivity contribution in [2.45, 2.75) is 20.4 Å². The average molecular weight is 245 g/mol. The maximum Gasteiger partial charge on any atom is 0.339 e. The van der Waals surface area contributed by atoms with Gasteiger partial charge in [-0.1, -0.05) is 12.1 Å². The first-order valence-corrected chi connectivity index (χ1v) is 5.63. The van der Waals surface area contributed by atoms with Gasteiger partial charge in [-0.15, -0.1) is 0 Å². The lowest BCUT2D eigenvalue weighted by Crippen LogP contribution is -2.03. The highest BCUT2D eigenvalue weighted by molar-refractivity contribution is 5.90. The van der Waals surface area contributed by atoms with Crippen LogP contribution in [0.15, 0.2) is 24.3 Å². The van der Waals surface area contributed by atoms with Crippen molar-refractivity contribution in [2.75, 3.05) is 0 Å². The molecule has 0 radical (unpaired) electrons. The Balaban J connectivity index is 2.50. The smallest absolute Gasteiger partial charge is 0.339 e. The Morgan fingerprint density at radius 3 is 2.39 bits per heavy atom. The molecule has 0 spiro atoms. The number of benzene rings is 1. The molecule has 2 aromatic rings. The third kappa shape index (κ3) is 2.00. The molecule has 0 unspecified atom stereocenters. The van der Waals surface area contributed by atoms with Crippen LogP contribution in [0.25, 0.3) is 5.69 Å². The monoisotopic (exact) mass is 245 g/mol. The molecule has 1 aromatic heterocycles. The standard InChI is InChI=1S/C13H15N3O2/c1-8-12(13(17)18)9(2)16(15-8)11-5-3-10(7-14)4-6-11/h3-6H,7,14H2,1-2H3,(H,17,18). The van der Waals surface area contributed by atoms with Gasteiger partial charge in [-0.05, 0) is 31.5 Å². The van der Waals surface area contributed by atoms with Gasteiger partial charge in [0, 0.05) is 6.54 Å². The highest BCUT2D eigenvalue weighted by Gasteiger charge is 2.18. The minimum atomic E-state index is -0.949. The molecule has 1 heterocycles. The fourth-order valence-electron chi connectivity index (χ4n) is 1.98. The lowest BCUT2D eigenvalue weighted by atomic mass is 10.2. The molecule has 0 saturated carbocycles. The van der Waals surface area contributed by atoms with E-state index in [0.717, 1.165) is 11.3 Å². The topological polar surface area (TPSA) is 81.1 Å². The van der Waals surface area contributed by atoms with Gasteiger partial charge in [0.05, 0.1) is 17.1 Å². The summed E-state index contributed by atoms with van der Waals surface area (Å²) < 4.78 is 1.64. The first-order chi connectivity index (χ1) is 8.54. The van der Waals surface area contributed by atoms with E-state index in [1.807, 2.05) is 24.3 Å². The van der Waals surface area contributed by atoms with Crippen LogP contribution in [0.5, 0.6) is 0 Å². The van der Waals surface area contributed by atoms with Crippen LogP contribution in [0, 0.1) is 13.8 Å². The number of carbonyl (C=O) groups is 1. The molecule has 0 amide bonds. The van der Waals surface area contributed by atoms with Crippen LogP contribution >= 0.6 is 0 Å². The number of aryl methyl sites for hydroxylation is 1. The van der Waals surface area contributed by atoms with E-state index >= 15 is 0 Å². The number of rotatable bonds is 3. The van der Waals surface area contributed by atoms with E-state index in [0.29, 0.717) is 17.9 Å². The molecule has 18 heavy (non-hydrogen) atoms. The Bertz CT molecular complexity index is 585. The number of carboxylic acid groups (broad SMARTS) is 1. The summed E-state index contributed by atoms with van der Waals surface area (Å²) in [4.78, 5) is 11.1. The molecule has 5 nitrogen and oxygen atoms in total. The first kappa shape index (κ1) is 12.3. The third-order valence-corrected chi connectivity index (χ3v) is 2.92. The first-order valence-electron chi connectivity index (χ1n) is 5.63. The second kappa shape index (κ2) is 4.62. The second-order valence-corrected chi connectivity index (χ2v) is 4.13. The number of carboxylic acids is 1. The lowest BCUT2D eigenvalue weighted by Gasteiger charge is -2.05. The third-order valence-electron chi connectivity index (χ3n) is 2.92. The number of aromatic nitrogens is 2. The fourth-order valence-corrected chi connectivity index (χ4v) is 1.98. The van der Waals surface area contributed by atoms with Crippen LogP contribution in [-0.4, -0.2) is 20.9 Å². The fraction of sp³-hybridized carbons (Fsp3) is 0.231. The molecule has 0 bridgehead atoms. The molecular formula is C13H15N3O2. The van der Waals surface area contributed by atoms with Crippen LogP contribution < -0.4 is 5.73 Å². The highest BCUT2D eigenvalue weighted by atomic mass is 16.4. The molecule has 0 saturated heterocycles. The second-order valence-electron chi connectivity index (χ2n) is 4.13. The van der Waals surface area contributed by atoms with Crippen molar-refractivity contribution in [3.63, 3.8) is 0 Å². The van der Waals surface area contributed by atoms with Crippen molar-refractivity contribution >= 4 is 5.97 Å². The number of nitrogens with zero attached hydrogens (tertiary/aromatic N) is 2. The zero-order chi connectivity index (χ0) is 13.3. The number of hydrogen-bond donors (Lipinski definition) is 2. The number of aromatic carboxylic acids is 1. The number of hydrogen-bond acceptors (Lipinski definition) is 3. The minimum absolute atomic E-state index is 0.262. The molecule has 94 valence electrons. The van der Waals surface area contributed by atoms with Gasteiger partial charge in [0.15, 0.2) is 0 Å². The van der Waals surface area contributed by atoms with Crippen molar-refractivity contribution in [3.8, 4) is 5.69 Å². The lowest BCUT2D eigenvalue weighted by molar-refractivity contribution is 0.0695. The molecule has 0 aliphatic heterocycles. The average Bonchev–Trinajstić information content (AvgIpc) is 2.65. The van der Waals surface area contributed by atoms with Crippen molar-refractivity contribution < 1.29 is 9.90 Å². The Morgan fingerprint density at radius 1 is 1.33 bits per heavy atom. The van der Waals surface area contributed by atoms with E-state index in [1.165, 1.54) is 0 Å². The van der Waals surface area contributed by atoms with Crippen molar-refractivity contribution in [2.24, 2.45) is 5.73 Å². The summed E-state index contributed by atoms with van der Waals surface area (Å²) >= 11 is 0. The van der Waals surface area contributed by atoms with Crippen LogP contribution in [0.4, 0.5) is 0 Å². The van der Waals surface area contributed by atoms with Gasteiger partial charge in [-0.2, -0.15) is 5.10 Å². The van der Waals surface area contributed by atoms with E-state index in [4.69, 9.17) is 10.8 Å². The van der Waals surface area contributed by atoms with Crippen LogP contribution in [0.1, 0.15) is 27.3 Å². The molecule has 0 aliphatic carbocycles. The van der Waals surface area contributed by atoms with Crippen LogP contribution in [0.3, 0.4) is 0 Å². The molecule has 0 atom stereocenters. The minimum Gasteiger partial charge on any atom is -0.478 e. The van der Waals surface area contributed by atoms with E-state index in [1.54, 1.807) is 18.5 Å². The van der Waals surface area contributed by atoms with E-state index in [2.05, 4.69) is 5.10 Å². The molecule has 0 aliphatic rings. The van der Waals surface area contributed by atoms with E-state index in [9.17, 15) is 4.79 Å². The Labute approximate surface area is 105 Å². The summed E-state index contributed by atoms with van der Waals surface area (Å²) in [7, 11) is 0. The predicted octanol–water partition coefficient (Wildman–Crippen LogP) is 1.65. The largest absolute Gasteiger partial charge is 0.478 e. The van der Waals surface area contributed by atoms with Gasteiger partial charge >= 0.3 is 5.97 Å². The van der Waals surface area contributed by atoms with E-state index in [-0.39, 0.29) is 5.56 Å². The molecule has 3 N–H and O–H groups in total. The quantitative estimate of drug-likeness (QED) is 0.861. The summed E-state index contributed by atoms with van der Waals surface area (Å²) in [5, 5.41) is 13.4. The normalized spacial score (nSPS) is 10.6. The van der Waals surface area contributed by atoms with Gasteiger partial charge in [-0.3, -0.25) is 0 Å². The molecule has 2 rings (SSSR count). The van der Waals surface area contributed by atoms with Crippen molar-refractivity contribution in [3.05, 3.63) is 46.8 Å². The summed E-state index contributed by atoms with van der Waals surface area (Å²) in [6.45, 7) is 3.93. The van der Waals surface area contributed by atoms with Crippen LogP contribution in [-0.2, 0) is 6.54 Å². The highest BCUT2D eigenvalue weighted by Crippen LogP contribution is 2.18. The van der Waals surface area contributed by atoms with Crippen molar-refractivity contribution in [1.82, 2.24) is 9.78 Å².